The van der Waals surface area contributed by atoms with Gasteiger partial charge in [0.2, 0.25) is 11.8 Å². The minimum Gasteiger partial charge on any atom is -0.376 e. The summed E-state index contributed by atoms with van der Waals surface area (Å²) in [7, 11) is 0. The number of benzene rings is 2. The fraction of sp³-hybridized carbons (Fsp3) is 0.222. The van der Waals surface area contributed by atoms with Crippen LogP contribution in [-0.2, 0) is 9.59 Å². The molecule has 3 N–H and O–H groups in total. The van der Waals surface area contributed by atoms with Crippen molar-refractivity contribution in [2.45, 2.75) is 19.8 Å². The summed E-state index contributed by atoms with van der Waals surface area (Å²) in [5.74, 6) is -0.121. The molecule has 0 fully saturated rings. The van der Waals surface area contributed by atoms with E-state index in [0.717, 1.165) is 28.0 Å². The summed E-state index contributed by atoms with van der Waals surface area (Å²) in [6.07, 6.45) is 1.33. The first-order valence-electron chi connectivity index (χ1n) is 7.76. The summed E-state index contributed by atoms with van der Waals surface area (Å²) < 4.78 is 0.963. The molecule has 0 heterocycles. The van der Waals surface area contributed by atoms with Crippen molar-refractivity contribution in [3.05, 3.63) is 53.0 Å². The molecule has 126 valence electrons. The molecule has 0 saturated carbocycles. The molecule has 0 atom stereocenters. The van der Waals surface area contributed by atoms with Gasteiger partial charge in [0.05, 0.1) is 6.54 Å². The molecule has 0 bridgehead atoms. The Labute approximate surface area is 150 Å². The van der Waals surface area contributed by atoms with E-state index in [-0.39, 0.29) is 18.4 Å². The van der Waals surface area contributed by atoms with E-state index in [4.69, 9.17) is 0 Å². The second-order valence-corrected chi connectivity index (χ2v) is 6.20. The summed E-state index contributed by atoms with van der Waals surface area (Å²) in [6.45, 7) is 2.13. The van der Waals surface area contributed by atoms with Crippen molar-refractivity contribution in [3.63, 3.8) is 0 Å². The highest BCUT2D eigenvalue weighted by Gasteiger charge is 2.03. The lowest BCUT2D eigenvalue weighted by atomic mass is 10.2. The molecule has 6 heteroatoms. The van der Waals surface area contributed by atoms with Crippen LogP contribution in [0.3, 0.4) is 0 Å². The molecule has 0 saturated heterocycles. The molecule has 0 aromatic heterocycles. The van der Waals surface area contributed by atoms with Crippen LogP contribution in [0.5, 0.6) is 0 Å². The number of anilines is 3. The predicted octanol–water partition coefficient (Wildman–Crippen LogP) is 4.24. The van der Waals surface area contributed by atoms with Gasteiger partial charge in [-0.2, -0.15) is 0 Å². The third-order valence-electron chi connectivity index (χ3n) is 3.23. The first-order chi connectivity index (χ1) is 11.6. The molecule has 0 aliphatic heterocycles. The van der Waals surface area contributed by atoms with Crippen molar-refractivity contribution >= 4 is 44.8 Å². The zero-order valence-electron chi connectivity index (χ0n) is 13.4. The molecule has 0 spiro atoms. The lowest BCUT2D eigenvalue weighted by Gasteiger charge is -2.09. The third-order valence-corrected chi connectivity index (χ3v) is 3.76. The number of amides is 2. The average Bonchev–Trinajstić information content (AvgIpc) is 2.56. The fourth-order valence-corrected chi connectivity index (χ4v) is 2.31. The van der Waals surface area contributed by atoms with Gasteiger partial charge in [0, 0.05) is 28.0 Å². The van der Waals surface area contributed by atoms with Crippen LogP contribution < -0.4 is 16.0 Å². The molecule has 2 amide bonds. The molecule has 0 unspecified atom stereocenters. The van der Waals surface area contributed by atoms with Crippen LogP contribution >= 0.6 is 15.9 Å². The van der Waals surface area contributed by atoms with Crippen molar-refractivity contribution in [2.75, 3.05) is 22.5 Å². The van der Waals surface area contributed by atoms with Gasteiger partial charge in [-0.3, -0.25) is 9.59 Å². The normalized spacial score (nSPS) is 10.1. The van der Waals surface area contributed by atoms with Crippen molar-refractivity contribution in [2.24, 2.45) is 0 Å². The van der Waals surface area contributed by atoms with Crippen LogP contribution in [0.2, 0.25) is 0 Å². The summed E-state index contributed by atoms with van der Waals surface area (Å²) in [5.41, 5.74) is 2.31. The topological polar surface area (TPSA) is 70.2 Å². The van der Waals surface area contributed by atoms with Crippen LogP contribution in [0.15, 0.2) is 53.0 Å². The van der Waals surface area contributed by atoms with Crippen molar-refractivity contribution in [1.82, 2.24) is 0 Å². The average molecular weight is 390 g/mol. The van der Waals surface area contributed by atoms with E-state index < -0.39 is 0 Å². The molecule has 2 aromatic rings. The van der Waals surface area contributed by atoms with Gasteiger partial charge in [-0.25, -0.2) is 0 Å². The predicted molar refractivity (Wildman–Crippen MR) is 101 cm³/mol. The maximum Gasteiger partial charge on any atom is 0.243 e. The monoisotopic (exact) mass is 389 g/mol. The first kappa shape index (κ1) is 18.0. The number of nitrogens with one attached hydrogen (secondary N) is 3. The Morgan fingerprint density at radius 1 is 0.833 bits per heavy atom. The molecule has 24 heavy (non-hydrogen) atoms. The highest BCUT2D eigenvalue weighted by Crippen LogP contribution is 2.15. The number of rotatable bonds is 7. The quantitative estimate of drug-likeness (QED) is 0.663. The van der Waals surface area contributed by atoms with E-state index in [1.54, 1.807) is 0 Å². The zero-order chi connectivity index (χ0) is 17.4. The second-order valence-electron chi connectivity index (χ2n) is 5.28. The van der Waals surface area contributed by atoms with Crippen molar-refractivity contribution < 1.29 is 9.59 Å². The minimum atomic E-state index is -0.127. The molecular weight excluding hydrogens is 370 g/mol. The van der Waals surface area contributed by atoms with Crippen LogP contribution in [0, 0.1) is 0 Å². The molecule has 5 nitrogen and oxygen atoms in total. The fourth-order valence-electron chi connectivity index (χ4n) is 2.04. The molecule has 2 aromatic carbocycles. The summed E-state index contributed by atoms with van der Waals surface area (Å²) in [6, 6.07) is 14.7. The Morgan fingerprint density at radius 2 is 1.33 bits per heavy atom. The lowest BCUT2D eigenvalue weighted by Crippen LogP contribution is -2.21. The van der Waals surface area contributed by atoms with E-state index in [2.05, 4.69) is 31.9 Å². The Bertz CT molecular complexity index is 684. The van der Waals surface area contributed by atoms with Gasteiger partial charge in [0.1, 0.15) is 0 Å². The first-order valence-corrected chi connectivity index (χ1v) is 8.55. The summed E-state index contributed by atoms with van der Waals surface area (Å²) >= 11 is 3.35. The maximum atomic E-state index is 11.9. The highest BCUT2D eigenvalue weighted by molar-refractivity contribution is 9.10. The molecule has 0 aliphatic rings. The van der Waals surface area contributed by atoms with Gasteiger partial charge < -0.3 is 16.0 Å². The number of hydrogen-bond acceptors (Lipinski definition) is 3. The molecule has 2 rings (SSSR count). The van der Waals surface area contributed by atoms with Gasteiger partial charge in [-0.15, -0.1) is 0 Å². The van der Waals surface area contributed by atoms with Gasteiger partial charge in [-0.05, 0) is 55.0 Å². The van der Waals surface area contributed by atoms with Gasteiger partial charge in [0.25, 0.3) is 0 Å². The lowest BCUT2D eigenvalue weighted by molar-refractivity contribution is -0.116. The van der Waals surface area contributed by atoms with E-state index in [0.29, 0.717) is 6.42 Å². The number of carbonyl (C=O) groups is 2. The molecule has 0 radical (unpaired) electrons. The standard InChI is InChI=1S/C18H20BrN3O2/c1-2-3-17(23)21-16-10-8-14(9-11-16)20-12-18(24)22-15-6-4-13(19)5-7-15/h4-11,20H,2-3,12H2,1H3,(H,21,23)(H,22,24). The Balaban J connectivity index is 1.80. The Morgan fingerprint density at radius 3 is 1.92 bits per heavy atom. The summed E-state index contributed by atoms with van der Waals surface area (Å²) in [4.78, 5) is 23.4. The number of carbonyl (C=O) groups excluding carboxylic acids is 2. The van der Waals surface area contributed by atoms with E-state index in [1.807, 2.05) is 55.5 Å². The van der Waals surface area contributed by atoms with Gasteiger partial charge in [0.15, 0.2) is 0 Å². The van der Waals surface area contributed by atoms with Gasteiger partial charge >= 0.3 is 0 Å². The number of hydrogen-bond donors (Lipinski definition) is 3. The largest absolute Gasteiger partial charge is 0.376 e. The number of halogens is 1. The Hall–Kier alpha value is -2.34. The second kappa shape index (κ2) is 9.08. The van der Waals surface area contributed by atoms with Crippen molar-refractivity contribution in [3.8, 4) is 0 Å². The molecule has 0 aliphatic carbocycles. The third kappa shape index (κ3) is 6.04. The SMILES string of the molecule is CCCC(=O)Nc1ccc(NCC(=O)Nc2ccc(Br)cc2)cc1. The highest BCUT2D eigenvalue weighted by atomic mass is 79.9. The molecular formula is C18H20BrN3O2. The Kier molecular flexibility index (Phi) is 6.81. The van der Waals surface area contributed by atoms with Crippen LogP contribution in [0.1, 0.15) is 19.8 Å². The van der Waals surface area contributed by atoms with Crippen molar-refractivity contribution in [1.29, 1.82) is 0 Å². The van der Waals surface area contributed by atoms with Crippen LogP contribution in [-0.4, -0.2) is 18.4 Å². The maximum absolute atomic E-state index is 11.9. The van der Waals surface area contributed by atoms with Crippen LogP contribution in [0.25, 0.3) is 0 Å². The van der Waals surface area contributed by atoms with E-state index in [1.165, 1.54) is 0 Å². The van der Waals surface area contributed by atoms with E-state index >= 15 is 0 Å². The summed E-state index contributed by atoms with van der Waals surface area (Å²) in [5, 5.41) is 8.68. The van der Waals surface area contributed by atoms with Gasteiger partial charge in [-0.1, -0.05) is 22.9 Å². The van der Waals surface area contributed by atoms with E-state index in [9.17, 15) is 9.59 Å². The van der Waals surface area contributed by atoms with Crippen LogP contribution in [0.4, 0.5) is 17.1 Å². The smallest absolute Gasteiger partial charge is 0.243 e. The minimum absolute atomic E-state index is 0.00656. The zero-order valence-corrected chi connectivity index (χ0v) is 15.0.